The third-order valence-electron chi connectivity index (χ3n) is 3.06. The molecule has 0 saturated heterocycles. The molecule has 0 fully saturated rings. The van der Waals surface area contributed by atoms with Crippen molar-refractivity contribution in [1.29, 1.82) is 0 Å². The number of nitrogens with one attached hydrogen (secondary N) is 2. The van der Waals surface area contributed by atoms with Crippen LogP contribution in [0.25, 0.3) is 0 Å². The lowest BCUT2D eigenvalue weighted by atomic mass is 10.1. The molecule has 0 atom stereocenters. The summed E-state index contributed by atoms with van der Waals surface area (Å²) in [6, 6.07) is 5.03. The molecular formula is C16H25F2N3O2S. The summed E-state index contributed by atoms with van der Waals surface area (Å²) >= 11 is 1.74. The topological polar surface area (TPSA) is 54.9 Å². The molecule has 0 aliphatic rings. The summed E-state index contributed by atoms with van der Waals surface area (Å²) in [6.07, 6.45) is 2.69. The number of guanidine groups is 1. The molecular weight excluding hydrogens is 336 g/mol. The molecule has 0 unspecified atom stereocenters. The number of aliphatic imine (C=N–C) groups is 1. The first-order valence-electron chi connectivity index (χ1n) is 7.73. The van der Waals surface area contributed by atoms with Crippen molar-refractivity contribution in [2.75, 3.05) is 38.8 Å². The Kier molecular flexibility index (Phi) is 9.98. The molecule has 0 amide bonds. The van der Waals surface area contributed by atoms with Crippen LogP contribution < -0.4 is 20.1 Å². The maximum absolute atomic E-state index is 12.4. The van der Waals surface area contributed by atoms with E-state index in [0.717, 1.165) is 30.4 Å². The Morgan fingerprint density at radius 3 is 2.71 bits per heavy atom. The van der Waals surface area contributed by atoms with Gasteiger partial charge in [-0.05, 0) is 37.3 Å². The number of rotatable bonds is 10. The predicted molar refractivity (Wildman–Crippen MR) is 95.7 cm³/mol. The van der Waals surface area contributed by atoms with Crippen LogP contribution in [0.2, 0.25) is 0 Å². The molecule has 0 saturated carbocycles. The molecule has 0 radical (unpaired) electrons. The number of thioether (sulfide) groups is 1. The molecule has 24 heavy (non-hydrogen) atoms. The van der Waals surface area contributed by atoms with E-state index in [0.29, 0.717) is 18.7 Å². The Morgan fingerprint density at radius 1 is 1.29 bits per heavy atom. The molecule has 1 aromatic carbocycles. The van der Waals surface area contributed by atoms with Crippen molar-refractivity contribution in [2.24, 2.45) is 4.99 Å². The molecule has 0 aromatic heterocycles. The smallest absolute Gasteiger partial charge is 0.387 e. The zero-order chi connectivity index (χ0) is 17.8. The van der Waals surface area contributed by atoms with Crippen molar-refractivity contribution in [2.45, 2.75) is 20.0 Å². The SMILES string of the molecule is CCNC(=NCCSC)NCCc1ccc(OC)c(OC(F)F)c1. The average Bonchev–Trinajstić information content (AvgIpc) is 2.55. The van der Waals surface area contributed by atoms with E-state index in [9.17, 15) is 8.78 Å². The Hall–Kier alpha value is -1.70. The molecule has 1 aromatic rings. The van der Waals surface area contributed by atoms with Crippen LogP contribution in [0.3, 0.4) is 0 Å². The molecule has 0 aliphatic heterocycles. The maximum atomic E-state index is 12.4. The number of hydrogen-bond acceptors (Lipinski definition) is 4. The van der Waals surface area contributed by atoms with E-state index in [4.69, 9.17) is 4.74 Å². The summed E-state index contributed by atoms with van der Waals surface area (Å²) in [6.45, 7) is 1.27. The van der Waals surface area contributed by atoms with Gasteiger partial charge in [-0.3, -0.25) is 4.99 Å². The molecule has 1 rings (SSSR count). The summed E-state index contributed by atoms with van der Waals surface area (Å²) in [4.78, 5) is 4.45. The molecule has 0 spiro atoms. The fourth-order valence-corrected chi connectivity index (χ4v) is 2.25. The minimum atomic E-state index is -2.88. The summed E-state index contributed by atoms with van der Waals surface area (Å²) in [5.74, 6) is 2.05. The molecule has 5 nitrogen and oxygen atoms in total. The summed E-state index contributed by atoms with van der Waals surface area (Å²) in [5, 5.41) is 6.40. The number of hydrogen-bond donors (Lipinski definition) is 2. The zero-order valence-corrected chi connectivity index (χ0v) is 15.1. The van der Waals surface area contributed by atoms with E-state index in [1.165, 1.54) is 7.11 Å². The van der Waals surface area contributed by atoms with E-state index in [1.807, 2.05) is 19.2 Å². The lowest BCUT2D eigenvalue weighted by molar-refractivity contribution is -0.0512. The minimum absolute atomic E-state index is 0.0468. The number of alkyl halides is 2. The van der Waals surface area contributed by atoms with Gasteiger partial charge in [-0.2, -0.15) is 20.5 Å². The van der Waals surface area contributed by atoms with Crippen LogP contribution in [0.15, 0.2) is 23.2 Å². The largest absolute Gasteiger partial charge is 0.493 e. The second-order valence-electron chi connectivity index (χ2n) is 4.79. The van der Waals surface area contributed by atoms with Crippen LogP contribution in [-0.4, -0.2) is 51.3 Å². The summed E-state index contributed by atoms with van der Waals surface area (Å²) in [7, 11) is 1.42. The number of nitrogens with zero attached hydrogens (tertiary/aromatic N) is 1. The highest BCUT2D eigenvalue weighted by atomic mass is 32.2. The van der Waals surface area contributed by atoms with E-state index < -0.39 is 6.61 Å². The minimum Gasteiger partial charge on any atom is -0.493 e. The average molecular weight is 361 g/mol. The van der Waals surface area contributed by atoms with Crippen LogP contribution in [0.4, 0.5) is 8.78 Å². The van der Waals surface area contributed by atoms with E-state index in [-0.39, 0.29) is 5.75 Å². The first-order chi connectivity index (χ1) is 11.6. The number of halogens is 2. The number of benzene rings is 1. The van der Waals surface area contributed by atoms with Gasteiger partial charge in [0.25, 0.3) is 0 Å². The molecule has 2 N–H and O–H groups in total. The molecule has 0 aliphatic carbocycles. The Balaban J connectivity index is 2.60. The monoisotopic (exact) mass is 361 g/mol. The third kappa shape index (κ3) is 7.72. The lowest BCUT2D eigenvalue weighted by Crippen LogP contribution is -2.38. The van der Waals surface area contributed by atoms with Crippen LogP contribution in [0, 0.1) is 0 Å². The van der Waals surface area contributed by atoms with Crippen molar-refractivity contribution in [3.05, 3.63) is 23.8 Å². The molecule has 0 bridgehead atoms. The molecule has 8 heteroatoms. The Labute approximate surface area is 146 Å². The van der Waals surface area contributed by atoms with Crippen molar-refractivity contribution in [1.82, 2.24) is 10.6 Å². The third-order valence-corrected chi connectivity index (χ3v) is 3.65. The van der Waals surface area contributed by atoms with Gasteiger partial charge in [0.05, 0.1) is 13.7 Å². The Bertz CT molecular complexity index is 516. The van der Waals surface area contributed by atoms with Crippen LogP contribution in [0.1, 0.15) is 12.5 Å². The van der Waals surface area contributed by atoms with Gasteiger partial charge in [0.1, 0.15) is 0 Å². The van der Waals surface area contributed by atoms with Gasteiger partial charge in [-0.25, -0.2) is 0 Å². The maximum Gasteiger partial charge on any atom is 0.387 e. The first kappa shape index (κ1) is 20.3. The van der Waals surface area contributed by atoms with Gasteiger partial charge in [0, 0.05) is 18.8 Å². The van der Waals surface area contributed by atoms with Crippen LogP contribution >= 0.6 is 11.8 Å². The van der Waals surface area contributed by atoms with Crippen LogP contribution in [0.5, 0.6) is 11.5 Å². The highest BCUT2D eigenvalue weighted by molar-refractivity contribution is 7.98. The fraction of sp³-hybridized carbons (Fsp3) is 0.562. The van der Waals surface area contributed by atoms with E-state index in [1.54, 1.807) is 23.9 Å². The second-order valence-corrected chi connectivity index (χ2v) is 5.78. The Morgan fingerprint density at radius 2 is 2.08 bits per heavy atom. The first-order valence-corrected chi connectivity index (χ1v) is 9.13. The second kappa shape index (κ2) is 11.8. The van der Waals surface area contributed by atoms with Gasteiger partial charge < -0.3 is 20.1 Å². The highest BCUT2D eigenvalue weighted by Crippen LogP contribution is 2.29. The van der Waals surface area contributed by atoms with Crippen molar-refractivity contribution < 1.29 is 18.3 Å². The summed E-state index contributed by atoms with van der Waals surface area (Å²) < 4.78 is 34.4. The zero-order valence-electron chi connectivity index (χ0n) is 14.3. The number of ether oxygens (including phenoxy) is 2. The van der Waals surface area contributed by atoms with Gasteiger partial charge in [-0.15, -0.1) is 0 Å². The van der Waals surface area contributed by atoms with Gasteiger partial charge in [-0.1, -0.05) is 6.07 Å². The normalized spacial score (nSPS) is 11.5. The quantitative estimate of drug-likeness (QED) is 0.381. The van der Waals surface area contributed by atoms with Crippen molar-refractivity contribution >= 4 is 17.7 Å². The van der Waals surface area contributed by atoms with Gasteiger partial charge in [0.15, 0.2) is 17.5 Å². The van der Waals surface area contributed by atoms with E-state index in [2.05, 4.69) is 20.4 Å². The predicted octanol–water partition coefficient (Wildman–Crippen LogP) is 2.76. The van der Waals surface area contributed by atoms with Gasteiger partial charge >= 0.3 is 6.61 Å². The fourth-order valence-electron chi connectivity index (χ4n) is 1.98. The molecule has 0 heterocycles. The standard InChI is InChI=1S/C16H25F2N3O2S/c1-4-19-16(21-9-10-24-3)20-8-7-12-5-6-13(22-2)14(11-12)23-15(17)18/h5-6,11,15H,4,7-10H2,1-3H3,(H2,19,20,21). The number of methoxy groups -OCH3 is 1. The lowest BCUT2D eigenvalue weighted by Gasteiger charge is -2.13. The van der Waals surface area contributed by atoms with Crippen molar-refractivity contribution in [3.63, 3.8) is 0 Å². The highest BCUT2D eigenvalue weighted by Gasteiger charge is 2.11. The van der Waals surface area contributed by atoms with Crippen LogP contribution in [-0.2, 0) is 6.42 Å². The van der Waals surface area contributed by atoms with Crippen molar-refractivity contribution in [3.8, 4) is 11.5 Å². The summed E-state index contributed by atoms with van der Waals surface area (Å²) in [5.41, 5.74) is 0.874. The van der Waals surface area contributed by atoms with E-state index >= 15 is 0 Å². The molecule has 136 valence electrons. The van der Waals surface area contributed by atoms with Gasteiger partial charge in [0.2, 0.25) is 0 Å².